The Labute approximate surface area is 89.9 Å². The number of rotatable bonds is 2. The summed E-state index contributed by atoms with van der Waals surface area (Å²) in [5, 5.41) is 0. The number of nitrogens with one attached hydrogen (secondary N) is 1. The van der Waals surface area contributed by atoms with Gasteiger partial charge in [-0.25, -0.2) is 13.1 Å². The van der Waals surface area contributed by atoms with E-state index in [9.17, 15) is 8.42 Å². The summed E-state index contributed by atoms with van der Waals surface area (Å²) in [6, 6.07) is 7.61. The molecule has 0 aromatic heterocycles. The second-order valence-corrected chi connectivity index (χ2v) is 5.62. The summed E-state index contributed by atoms with van der Waals surface area (Å²) in [6.45, 7) is 1.93. The molecule has 0 radical (unpaired) electrons. The summed E-state index contributed by atoms with van der Waals surface area (Å²) >= 11 is 0. The summed E-state index contributed by atoms with van der Waals surface area (Å²) in [5.74, 6) is 0. The predicted octanol–water partition coefficient (Wildman–Crippen LogP) is 1.69. The van der Waals surface area contributed by atoms with Gasteiger partial charge >= 0.3 is 0 Å². The lowest BCUT2D eigenvalue weighted by Gasteiger charge is -2.14. The summed E-state index contributed by atoms with van der Waals surface area (Å²) in [7, 11) is -3.17. The summed E-state index contributed by atoms with van der Waals surface area (Å²) in [4.78, 5) is 0. The van der Waals surface area contributed by atoms with Crippen LogP contribution in [0.15, 0.2) is 29.8 Å². The molecule has 15 heavy (non-hydrogen) atoms. The molecule has 1 N–H and O–H groups in total. The summed E-state index contributed by atoms with van der Waals surface area (Å²) in [6.07, 6.45) is 3.19. The van der Waals surface area contributed by atoms with Gasteiger partial charge in [-0.15, -0.1) is 0 Å². The zero-order chi connectivity index (χ0) is 11.1. The number of hydrogen-bond donors (Lipinski definition) is 1. The highest BCUT2D eigenvalue weighted by molar-refractivity contribution is 7.88. The van der Waals surface area contributed by atoms with Gasteiger partial charge in [0, 0.05) is 0 Å². The van der Waals surface area contributed by atoms with E-state index in [0.29, 0.717) is 0 Å². The molecule has 4 heteroatoms. The third kappa shape index (κ3) is 2.11. The van der Waals surface area contributed by atoms with Crippen molar-refractivity contribution in [3.05, 3.63) is 41.0 Å². The first-order valence-corrected chi connectivity index (χ1v) is 6.61. The summed E-state index contributed by atoms with van der Waals surface area (Å²) in [5.41, 5.74) is 3.15. The second-order valence-electron chi connectivity index (χ2n) is 3.84. The average Bonchev–Trinajstić information content (AvgIpc) is 2.41. The smallest absolute Gasteiger partial charge is 0.209 e. The fourth-order valence-electron chi connectivity index (χ4n) is 1.85. The Kier molecular flexibility index (Phi) is 2.40. The molecule has 0 fully saturated rings. The molecule has 0 unspecified atom stereocenters. The number of benzene rings is 1. The Morgan fingerprint density at radius 2 is 1.93 bits per heavy atom. The summed E-state index contributed by atoms with van der Waals surface area (Å²) < 4.78 is 25.0. The molecule has 0 spiro atoms. The van der Waals surface area contributed by atoms with E-state index in [2.05, 4.69) is 4.72 Å². The molecule has 2 rings (SSSR count). The van der Waals surface area contributed by atoms with E-state index in [4.69, 9.17) is 0 Å². The monoisotopic (exact) mass is 223 g/mol. The predicted molar refractivity (Wildman–Crippen MR) is 60.8 cm³/mol. The molecule has 3 nitrogen and oxygen atoms in total. The highest BCUT2D eigenvalue weighted by Crippen LogP contribution is 2.33. The zero-order valence-corrected chi connectivity index (χ0v) is 9.51. The average molecular weight is 223 g/mol. The first-order valence-electron chi connectivity index (χ1n) is 4.72. The molecule has 1 atom stereocenters. The third-order valence-electron chi connectivity index (χ3n) is 2.48. The van der Waals surface area contributed by atoms with Crippen molar-refractivity contribution in [3.63, 3.8) is 0 Å². The van der Waals surface area contributed by atoms with Gasteiger partial charge < -0.3 is 0 Å². The van der Waals surface area contributed by atoms with Crippen LogP contribution in [-0.2, 0) is 10.0 Å². The Hall–Kier alpha value is -1.13. The van der Waals surface area contributed by atoms with E-state index in [0.717, 1.165) is 16.7 Å². The van der Waals surface area contributed by atoms with Crippen LogP contribution in [0.3, 0.4) is 0 Å². The molecule has 1 aromatic carbocycles. The molecule has 0 saturated carbocycles. The SMILES string of the molecule is CC1=Cc2ccccc2[C@@H]1NS(C)(=O)=O. The Bertz CT molecular complexity index is 517. The molecule has 0 aliphatic heterocycles. The normalized spacial score (nSPS) is 19.9. The minimum Gasteiger partial charge on any atom is -0.213 e. The Morgan fingerprint density at radius 1 is 1.27 bits per heavy atom. The molecule has 80 valence electrons. The molecule has 0 heterocycles. The van der Waals surface area contributed by atoms with E-state index >= 15 is 0 Å². The molecular formula is C11H13NO2S. The highest BCUT2D eigenvalue weighted by atomic mass is 32.2. The van der Waals surface area contributed by atoms with E-state index in [1.807, 2.05) is 37.3 Å². The maximum Gasteiger partial charge on any atom is 0.209 e. The maximum atomic E-state index is 11.2. The van der Waals surface area contributed by atoms with Crippen molar-refractivity contribution in [1.29, 1.82) is 0 Å². The van der Waals surface area contributed by atoms with Gasteiger partial charge in [0.25, 0.3) is 0 Å². The van der Waals surface area contributed by atoms with Crippen LogP contribution in [0.4, 0.5) is 0 Å². The molecule has 0 saturated heterocycles. The van der Waals surface area contributed by atoms with Crippen molar-refractivity contribution in [1.82, 2.24) is 4.72 Å². The Balaban J connectivity index is 2.40. The van der Waals surface area contributed by atoms with Gasteiger partial charge in [-0.3, -0.25) is 0 Å². The van der Waals surface area contributed by atoms with Gasteiger partial charge in [0.2, 0.25) is 10.0 Å². The van der Waals surface area contributed by atoms with E-state index in [1.165, 1.54) is 6.26 Å². The van der Waals surface area contributed by atoms with Crippen molar-refractivity contribution in [2.24, 2.45) is 0 Å². The topological polar surface area (TPSA) is 46.2 Å². The lowest BCUT2D eigenvalue weighted by atomic mass is 10.1. The van der Waals surface area contributed by atoms with E-state index in [-0.39, 0.29) is 6.04 Å². The van der Waals surface area contributed by atoms with Gasteiger partial charge in [-0.05, 0) is 18.1 Å². The first kappa shape index (κ1) is 10.4. The van der Waals surface area contributed by atoms with Gasteiger partial charge in [-0.2, -0.15) is 0 Å². The molecular weight excluding hydrogens is 210 g/mol. The maximum absolute atomic E-state index is 11.2. The van der Waals surface area contributed by atoms with Crippen LogP contribution >= 0.6 is 0 Å². The van der Waals surface area contributed by atoms with Crippen molar-refractivity contribution in [2.45, 2.75) is 13.0 Å². The van der Waals surface area contributed by atoms with Crippen LogP contribution in [0.5, 0.6) is 0 Å². The third-order valence-corrected chi connectivity index (χ3v) is 3.14. The lowest BCUT2D eigenvalue weighted by Crippen LogP contribution is -2.27. The number of fused-ring (bicyclic) bond motifs is 1. The largest absolute Gasteiger partial charge is 0.213 e. The Morgan fingerprint density at radius 3 is 2.60 bits per heavy atom. The number of hydrogen-bond acceptors (Lipinski definition) is 2. The van der Waals surface area contributed by atoms with Crippen molar-refractivity contribution < 1.29 is 8.42 Å². The van der Waals surface area contributed by atoms with Gasteiger partial charge in [0.15, 0.2) is 0 Å². The molecule has 0 bridgehead atoms. The van der Waals surface area contributed by atoms with E-state index < -0.39 is 10.0 Å². The van der Waals surface area contributed by atoms with Crippen LogP contribution < -0.4 is 4.72 Å². The molecule has 1 aliphatic carbocycles. The fourth-order valence-corrected chi connectivity index (χ4v) is 2.59. The molecule has 1 aliphatic rings. The lowest BCUT2D eigenvalue weighted by molar-refractivity contribution is 0.578. The van der Waals surface area contributed by atoms with Gasteiger partial charge in [0.1, 0.15) is 0 Å². The van der Waals surface area contributed by atoms with Crippen LogP contribution in [0.1, 0.15) is 24.1 Å². The van der Waals surface area contributed by atoms with Crippen LogP contribution in [0, 0.1) is 0 Å². The van der Waals surface area contributed by atoms with Crippen LogP contribution in [0.2, 0.25) is 0 Å². The number of sulfonamides is 1. The van der Waals surface area contributed by atoms with Gasteiger partial charge in [0.05, 0.1) is 12.3 Å². The van der Waals surface area contributed by atoms with Crippen LogP contribution in [0.25, 0.3) is 6.08 Å². The molecule has 0 amide bonds. The zero-order valence-electron chi connectivity index (χ0n) is 8.69. The van der Waals surface area contributed by atoms with E-state index in [1.54, 1.807) is 0 Å². The van der Waals surface area contributed by atoms with Crippen molar-refractivity contribution in [3.8, 4) is 0 Å². The van der Waals surface area contributed by atoms with Crippen molar-refractivity contribution >= 4 is 16.1 Å². The minimum absolute atomic E-state index is 0.198. The fraction of sp³-hybridized carbons (Fsp3) is 0.273. The second kappa shape index (κ2) is 3.47. The minimum atomic E-state index is -3.17. The van der Waals surface area contributed by atoms with Gasteiger partial charge in [-0.1, -0.05) is 35.9 Å². The van der Waals surface area contributed by atoms with Crippen LogP contribution in [-0.4, -0.2) is 14.7 Å². The van der Waals surface area contributed by atoms with Crippen molar-refractivity contribution in [2.75, 3.05) is 6.26 Å². The quantitative estimate of drug-likeness (QED) is 0.829. The highest BCUT2D eigenvalue weighted by Gasteiger charge is 2.24. The standard InChI is InChI=1S/C11H13NO2S/c1-8-7-9-5-3-4-6-10(9)11(8)12-15(2,13)14/h3-7,11-12H,1-2H3/t11-/m1/s1. The molecule has 1 aromatic rings. The first-order chi connectivity index (χ1) is 6.97.